The van der Waals surface area contributed by atoms with Crippen LogP contribution in [-0.2, 0) is 22.7 Å². The first-order valence-corrected chi connectivity index (χ1v) is 12.8. The van der Waals surface area contributed by atoms with Gasteiger partial charge < -0.3 is 15.7 Å². The highest BCUT2D eigenvalue weighted by molar-refractivity contribution is 7.92. The maximum atomic E-state index is 13.6. The van der Waals surface area contributed by atoms with Crippen LogP contribution in [0.4, 0.5) is 36.4 Å². The summed E-state index contributed by atoms with van der Waals surface area (Å²) < 4.78 is 65.6. The molecule has 0 fully saturated rings. The number of benzene rings is 1. The van der Waals surface area contributed by atoms with E-state index in [2.05, 4.69) is 25.6 Å². The number of sulfonamides is 1. The molecule has 1 aromatic carbocycles. The number of carbonyl (C=O) groups excluding carboxylic acids is 1. The Morgan fingerprint density at radius 2 is 1.84 bits per heavy atom. The standard InChI is InChI=1S/C23H25F3N6O4S/c1-32(37(2,35)36)21-16(5-3-11-27-21)13-28-20-18(23(24,25)26)14-29-22(31-20)30-17-9-7-15(8-10-17)19(34)6-4-12-33/h3,5,7-11,14,33H,4,6,12-13H2,1-2H3,(H2,28,29,30,31). The normalized spacial score (nSPS) is 11.7. The molecule has 2 heterocycles. The van der Waals surface area contributed by atoms with Crippen LogP contribution in [0.1, 0.15) is 34.3 Å². The summed E-state index contributed by atoms with van der Waals surface area (Å²) in [6.07, 6.45) is -1.21. The summed E-state index contributed by atoms with van der Waals surface area (Å²) in [5.74, 6) is -0.728. The van der Waals surface area contributed by atoms with E-state index < -0.39 is 27.6 Å². The molecule has 3 N–H and O–H groups in total. The molecule has 14 heteroatoms. The Morgan fingerprint density at radius 3 is 2.46 bits per heavy atom. The molecule has 10 nitrogen and oxygen atoms in total. The fourth-order valence-corrected chi connectivity index (χ4v) is 3.70. The number of ketones is 1. The molecular weight excluding hydrogens is 513 g/mol. The lowest BCUT2D eigenvalue weighted by molar-refractivity contribution is -0.137. The molecule has 0 amide bonds. The van der Waals surface area contributed by atoms with E-state index >= 15 is 0 Å². The lowest BCUT2D eigenvalue weighted by Crippen LogP contribution is -2.27. The van der Waals surface area contributed by atoms with Crippen molar-refractivity contribution >= 4 is 39.1 Å². The fourth-order valence-electron chi connectivity index (χ4n) is 3.22. The zero-order valence-corrected chi connectivity index (χ0v) is 20.8. The Bertz CT molecular complexity index is 1350. The van der Waals surface area contributed by atoms with Crippen molar-refractivity contribution in [3.05, 3.63) is 65.5 Å². The molecule has 0 atom stereocenters. The Hall–Kier alpha value is -3.78. The molecule has 198 valence electrons. The van der Waals surface area contributed by atoms with Crippen LogP contribution in [0, 0.1) is 0 Å². The number of Topliss-reactive ketones (excluding diaryl/α,β-unsaturated/α-hetero) is 1. The Kier molecular flexibility index (Phi) is 8.65. The van der Waals surface area contributed by atoms with Gasteiger partial charge in [-0.25, -0.2) is 18.4 Å². The molecule has 0 aliphatic heterocycles. The molecule has 0 bridgehead atoms. The van der Waals surface area contributed by atoms with Gasteiger partial charge in [0.05, 0.1) is 6.26 Å². The lowest BCUT2D eigenvalue weighted by atomic mass is 10.1. The Morgan fingerprint density at radius 1 is 1.14 bits per heavy atom. The van der Waals surface area contributed by atoms with Gasteiger partial charge in [0.25, 0.3) is 0 Å². The van der Waals surface area contributed by atoms with E-state index in [1.807, 2.05) is 0 Å². The van der Waals surface area contributed by atoms with Crippen LogP contribution < -0.4 is 14.9 Å². The van der Waals surface area contributed by atoms with Gasteiger partial charge in [-0.2, -0.15) is 18.2 Å². The maximum Gasteiger partial charge on any atom is 0.421 e. The van der Waals surface area contributed by atoms with Crippen LogP contribution in [0.5, 0.6) is 0 Å². The summed E-state index contributed by atoms with van der Waals surface area (Å²) in [7, 11) is -2.36. The first-order valence-electron chi connectivity index (χ1n) is 11.0. The minimum absolute atomic E-state index is 0.0621. The summed E-state index contributed by atoms with van der Waals surface area (Å²) in [6, 6.07) is 9.29. The molecule has 0 radical (unpaired) electrons. The van der Waals surface area contributed by atoms with E-state index in [1.165, 1.54) is 25.4 Å². The largest absolute Gasteiger partial charge is 0.421 e. The average molecular weight is 539 g/mol. The third kappa shape index (κ3) is 7.36. The van der Waals surface area contributed by atoms with E-state index in [9.17, 15) is 26.4 Å². The quantitative estimate of drug-likeness (QED) is 0.313. The van der Waals surface area contributed by atoms with Crippen molar-refractivity contribution in [3.8, 4) is 0 Å². The number of pyridine rings is 1. The first kappa shape index (κ1) is 27.8. The summed E-state index contributed by atoms with van der Waals surface area (Å²) in [6.45, 7) is -0.295. The average Bonchev–Trinajstić information content (AvgIpc) is 2.85. The van der Waals surface area contributed by atoms with E-state index in [0.717, 1.165) is 10.6 Å². The van der Waals surface area contributed by atoms with Crippen molar-refractivity contribution in [3.63, 3.8) is 0 Å². The fraction of sp³-hybridized carbons (Fsp3) is 0.304. The summed E-state index contributed by atoms with van der Waals surface area (Å²) in [5, 5.41) is 14.3. The van der Waals surface area contributed by atoms with E-state index in [0.29, 0.717) is 29.4 Å². The number of nitrogens with zero attached hydrogens (tertiary/aromatic N) is 4. The van der Waals surface area contributed by atoms with E-state index in [4.69, 9.17) is 5.11 Å². The number of aliphatic hydroxyl groups excluding tert-OH is 1. The predicted molar refractivity (Wildman–Crippen MR) is 132 cm³/mol. The summed E-state index contributed by atoms with van der Waals surface area (Å²) in [4.78, 5) is 23.8. The number of halogens is 3. The number of hydrogen-bond acceptors (Lipinski definition) is 9. The van der Waals surface area contributed by atoms with Crippen LogP contribution >= 0.6 is 0 Å². The smallest absolute Gasteiger partial charge is 0.396 e. The highest BCUT2D eigenvalue weighted by Gasteiger charge is 2.35. The van der Waals surface area contributed by atoms with Crippen LogP contribution in [0.3, 0.4) is 0 Å². The second kappa shape index (κ2) is 11.5. The van der Waals surface area contributed by atoms with Gasteiger partial charge in [-0.3, -0.25) is 9.10 Å². The molecule has 3 aromatic rings. The topological polar surface area (TPSA) is 137 Å². The molecule has 0 saturated carbocycles. The van der Waals surface area contributed by atoms with Gasteiger partial charge >= 0.3 is 6.18 Å². The molecule has 3 rings (SSSR count). The molecular formula is C23H25F3N6O4S. The van der Waals surface area contributed by atoms with Crippen molar-refractivity contribution in [1.82, 2.24) is 15.0 Å². The van der Waals surface area contributed by atoms with Gasteiger partial charge in [-0.1, -0.05) is 6.07 Å². The maximum absolute atomic E-state index is 13.6. The van der Waals surface area contributed by atoms with Gasteiger partial charge in [-0.05, 0) is 36.8 Å². The van der Waals surface area contributed by atoms with Crippen molar-refractivity contribution in [2.75, 3.05) is 34.8 Å². The summed E-state index contributed by atoms with van der Waals surface area (Å²) >= 11 is 0. The minimum atomic E-state index is -4.75. The van der Waals surface area contributed by atoms with Crippen LogP contribution in [0.2, 0.25) is 0 Å². The number of nitrogens with one attached hydrogen (secondary N) is 2. The third-order valence-corrected chi connectivity index (χ3v) is 6.40. The third-order valence-electron chi connectivity index (χ3n) is 5.23. The molecule has 37 heavy (non-hydrogen) atoms. The van der Waals surface area contributed by atoms with Crippen LogP contribution in [0.15, 0.2) is 48.8 Å². The Labute approximate surface area is 211 Å². The monoisotopic (exact) mass is 538 g/mol. The molecule has 0 spiro atoms. The van der Waals surface area contributed by atoms with Gasteiger partial charge in [0.1, 0.15) is 17.2 Å². The highest BCUT2D eigenvalue weighted by atomic mass is 32.2. The highest BCUT2D eigenvalue weighted by Crippen LogP contribution is 2.34. The molecule has 0 saturated heterocycles. The molecule has 0 aliphatic carbocycles. The van der Waals surface area contributed by atoms with Gasteiger partial charge in [0.2, 0.25) is 16.0 Å². The molecule has 2 aromatic heterocycles. The number of hydrogen-bond donors (Lipinski definition) is 3. The Balaban J connectivity index is 1.84. The van der Waals surface area contributed by atoms with Gasteiger partial charge in [0.15, 0.2) is 5.78 Å². The number of aliphatic hydroxyl groups is 1. The van der Waals surface area contributed by atoms with Gasteiger partial charge in [-0.15, -0.1) is 0 Å². The molecule has 0 aliphatic rings. The SMILES string of the molecule is CN(c1ncccc1CNc1nc(Nc2ccc(C(=O)CCCO)cc2)ncc1C(F)(F)F)S(C)(=O)=O. The van der Waals surface area contributed by atoms with Crippen molar-refractivity contribution in [2.45, 2.75) is 25.6 Å². The zero-order valence-electron chi connectivity index (χ0n) is 20.0. The number of alkyl halides is 3. The van der Waals surface area contributed by atoms with E-state index in [1.54, 1.807) is 24.3 Å². The second-order valence-corrected chi connectivity index (χ2v) is 9.99. The van der Waals surface area contributed by atoms with Gasteiger partial charge in [0, 0.05) is 55.8 Å². The lowest BCUT2D eigenvalue weighted by Gasteiger charge is -2.20. The van der Waals surface area contributed by atoms with Crippen molar-refractivity contribution in [1.29, 1.82) is 0 Å². The van der Waals surface area contributed by atoms with E-state index in [-0.39, 0.29) is 37.1 Å². The predicted octanol–water partition coefficient (Wildman–Crippen LogP) is 3.60. The molecule has 0 unspecified atom stereocenters. The van der Waals surface area contributed by atoms with Crippen LogP contribution in [-0.4, -0.2) is 54.2 Å². The minimum Gasteiger partial charge on any atom is -0.396 e. The second-order valence-electron chi connectivity index (χ2n) is 7.98. The van der Waals surface area contributed by atoms with Crippen LogP contribution in [0.25, 0.3) is 0 Å². The van der Waals surface area contributed by atoms with Crippen molar-refractivity contribution in [2.24, 2.45) is 0 Å². The number of carbonyl (C=O) groups is 1. The first-order chi connectivity index (χ1) is 17.4. The number of aromatic nitrogens is 3. The zero-order chi connectivity index (χ0) is 27.2. The number of rotatable bonds is 11. The summed E-state index contributed by atoms with van der Waals surface area (Å²) in [5.41, 5.74) is 0.0951. The number of anilines is 4. The van der Waals surface area contributed by atoms with Crippen molar-refractivity contribution < 1.29 is 31.5 Å².